The van der Waals surface area contributed by atoms with Gasteiger partial charge in [0.05, 0.1) is 22.7 Å². The van der Waals surface area contributed by atoms with Gasteiger partial charge in [0.15, 0.2) is 18.1 Å². The summed E-state index contributed by atoms with van der Waals surface area (Å²) in [7, 11) is 1.45. The molecule has 3 rings (SSSR count). The summed E-state index contributed by atoms with van der Waals surface area (Å²) in [6, 6.07) is 14.4. The molecule has 0 saturated carbocycles. The van der Waals surface area contributed by atoms with Crippen LogP contribution in [0.1, 0.15) is 27.0 Å². The van der Waals surface area contributed by atoms with Gasteiger partial charge in [0.25, 0.3) is 17.5 Å². The van der Waals surface area contributed by atoms with Crippen molar-refractivity contribution in [3.63, 3.8) is 0 Å². The number of rotatable bonds is 9. The van der Waals surface area contributed by atoms with Gasteiger partial charge in [-0.2, -0.15) is 5.10 Å². The van der Waals surface area contributed by atoms with Crippen molar-refractivity contribution in [1.29, 1.82) is 0 Å². The number of methoxy groups -OCH3 is 1. The number of carbonyl (C=O) groups is 2. The van der Waals surface area contributed by atoms with E-state index in [4.69, 9.17) is 9.47 Å². The van der Waals surface area contributed by atoms with Gasteiger partial charge in [0.1, 0.15) is 0 Å². The van der Waals surface area contributed by atoms with E-state index in [9.17, 15) is 19.7 Å². The van der Waals surface area contributed by atoms with Crippen molar-refractivity contribution in [1.82, 2.24) is 5.43 Å². The standard InChI is InChI=1S/C25H23BrN4O6/c1-15-7-8-16(2)21(9-15)28-23(31)14-36-24-20(26)10-17(11-22(24)35-3)13-27-29-25(32)18-5-4-6-19(12-18)30(33)34/h4-13H,14H2,1-3H3,(H,28,31)(H,29,32)/b27-13+. The number of nitrogens with one attached hydrogen (secondary N) is 2. The lowest BCUT2D eigenvalue weighted by molar-refractivity contribution is -0.384. The summed E-state index contributed by atoms with van der Waals surface area (Å²) in [6.07, 6.45) is 1.37. The number of hydrogen-bond acceptors (Lipinski definition) is 7. The van der Waals surface area contributed by atoms with Gasteiger partial charge >= 0.3 is 0 Å². The highest BCUT2D eigenvalue weighted by atomic mass is 79.9. The molecule has 3 aromatic rings. The van der Waals surface area contributed by atoms with Crippen molar-refractivity contribution in [2.75, 3.05) is 19.0 Å². The van der Waals surface area contributed by atoms with Crippen LogP contribution in [-0.2, 0) is 4.79 Å². The second-order valence-corrected chi connectivity index (χ2v) is 8.55. The maximum atomic E-state index is 12.4. The molecule has 0 spiro atoms. The molecule has 3 aromatic carbocycles. The molecule has 186 valence electrons. The van der Waals surface area contributed by atoms with Crippen molar-refractivity contribution in [2.45, 2.75) is 13.8 Å². The smallest absolute Gasteiger partial charge is 0.271 e. The van der Waals surface area contributed by atoms with Gasteiger partial charge in [-0.3, -0.25) is 19.7 Å². The molecule has 11 heteroatoms. The second-order valence-electron chi connectivity index (χ2n) is 7.70. The van der Waals surface area contributed by atoms with Crippen molar-refractivity contribution in [3.05, 3.63) is 91.4 Å². The first-order valence-electron chi connectivity index (χ1n) is 10.6. The number of amides is 2. The Morgan fingerprint density at radius 2 is 1.92 bits per heavy atom. The van der Waals surface area contributed by atoms with Gasteiger partial charge in [-0.15, -0.1) is 0 Å². The number of halogens is 1. The average Bonchev–Trinajstić information content (AvgIpc) is 2.85. The number of non-ortho nitro benzene ring substituents is 1. The number of nitro benzene ring substituents is 1. The fourth-order valence-electron chi connectivity index (χ4n) is 3.14. The Morgan fingerprint density at radius 1 is 1.14 bits per heavy atom. The monoisotopic (exact) mass is 554 g/mol. The highest BCUT2D eigenvalue weighted by Crippen LogP contribution is 2.36. The van der Waals surface area contributed by atoms with E-state index in [1.165, 1.54) is 31.5 Å². The average molecular weight is 555 g/mol. The fourth-order valence-corrected chi connectivity index (χ4v) is 3.71. The van der Waals surface area contributed by atoms with E-state index in [1.807, 2.05) is 32.0 Å². The summed E-state index contributed by atoms with van der Waals surface area (Å²) in [4.78, 5) is 35.0. The molecular weight excluding hydrogens is 532 g/mol. The van der Waals surface area contributed by atoms with Gasteiger partial charge < -0.3 is 14.8 Å². The van der Waals surface area contributed by atoms with Crippen LogP contribution in [0.5, 0.6) is 11.5 Å². The Bertz CT molecular complexity index is 1340. The van der Waals surface area contributed by atoms with Gasteiger partial charge in [-0.05, 0) is 70.7 Å². The van der Waals surface area contributed by atoms with Crippen LogP contribution in [-0.4, -0.2) is 36.7 Å². The van der Waals surface area contributed by atoms with E-state index in [0.717, 1.165) is 17.2 Å². The van der Waals surface area contributed by atoms with Crippen molar-refractivity contribution < 1.29 is 24.0 Å². The van der Waals surface area contributed by atoms with E-state index < -0.39 is 10.8 Å². The zero-order valence-corrected chi connectivity index (χ0v) is 21.3. The van der Waals surface area contributed by atoms with Crippen LogP contribution in [0.25, 0.3) is 0 Å². The third kappa shape index (κ3) is 6.89. The van der Waals surface area contributed by atoms with E-state index in [2.05, 4.69) is 31.8 Å². The normalized spacial score (nSPS) is 10.7. The molecule has 0 radical (unpaired) electrons. The van der Waals surface area contributed by atoms with Crippen LogP contribution >= 0.6 is 15.9 Å². The van der Waals surface area contributed by atoms with Crippen molar-refractivity contribution in [2.24, 2.45) is 5.10 Å². The topological polar surface area (TPSA) is 132 Å². The van der Waals surface area contributed by atoms with Gasteiger partial charge in [0, 0.05) is 23.4 Å². The maximum absolute atomic E-state index is 12.4. The Balaban J connectivity index is 1.65. The summed E-state index contributed by atoms with van der Waals surface area (Å²) in [5.41, 5.74) is 5.47. The minimum atomic E-state index is -0.601. The van der Waals surface area contributed by atoms with E-state index in [0.29, 0.717) is 27.2 Å². The molecule has 0 bridgehead atoms. The van der Waals surface area contributed by atoms with E-state index in [-0.39, 0.29) is 23.8 Å². The summed E-state index contributed by atoms with van der Waals surface area (Å²) in [5.74, 6) is -0.260. The zero-order chi connectivity index (χ0) is 26.2. The first kappa shape index (κ1) is 26.4. The van der Waals surface area contributed by atoms with Crippen LogP contribution in [0.4, 0.5) is 11.4 Å². The largest absolute Gasteiger partial charge is 0.493 e. The number of benzene rings is 3. The van der Waals surface area contributed by atoms with Crippen LogP contribution in [0, 0.1) is 24.0 Å². The molecule has 0 fully saturated rings. The summed E-state index contributed by atoms with van der Waals surface area (Å²) >= 11 is 3.41. The summed E-state index contributed by atoms with van der Waals surface area (Å²) in [5, 5.41) is 17.6. The highest BCUT2D eigenvalue weighted by molar-refractivity contribution is 9.10. The lowest BCUT2D eigenvalue weighted by atomic mass is 10.1. The molecule has 0 unspecified atom stereocenters. The molecule has 0 atom stereocenters. The number of nitrogens with zero attached hydrogens (tertiary/aromatic N) is 2. The number of anilines is 1. The molecular formula is C25H23BrN4O6. The number of aryl methyl sites for hydroxylation is 2. The van der Waals surface area contributed by atoms with E-state index >= 15 is 0 Å². The Morgan fingerprint density at radius 3 is 2.64 bits per heavy atom. The third-order valence-corrected chi connectivity index (χ3v) is 5.55. The van der Waals surface area contributed by atoms with Crippen molar-refractivity contribution >= 4 is 45.3 Å². The van der Waals surface area contributed by atoms with Crippen LogP contribution in [0.3, 0.4) is 0 Å². The maximum Gasteiger partial charge on any atom is 0.271 e. The molecule has 2 amide bonds. The first-order chi connectivity index (χ1) is 17.2. The molecule has 10 nitrogen and oxygen atoms in total. The van der Waals surface area contributed by atoms with Crippen molar-refractivity contribution in [3.8, 4) is 11.5 Å². The predicted octanol–water partition coefficient (Wildman–Crippen LogP) is 4.76. The molecule has 36 heavy (non-hydrogen) atoms. The lowest BCUT2D eigenvalue weighted by Gasteiger charge is -2.14. The SMILES string of the molecule is COc1cc(/C=N/NC(=O)c2cccc([N+](=O)[O-])c2)cc(Br)c1OCC(=O)Nc1cc(C)ccc1C. The molecule has 0 aliphatic rings. The van der Waals surface area contributed by atoms with E-state index in [1.54, 1.807) is 12.1 Å². The predicted molar refractivity (Wildman–Crippen MR) is 139 cm³/mol. The van der Waals surface area contributed by atoms with Crippen LogP contribution in [0.2, 0.25) is 0 Å². The molecule has 0 heterocycles. The highest BCUT2D eigenvalue weighted by Gasteiger charge is 2.15. The zero-order valence-electron chi connectivity index (χ0n) is 19.7. The van der Waals surface area contributed by atoms with Crippen LogP contribution < -0.4 is 20.2 Å². The molecule has 0 aromatic heterocycles. The molecule has 0 saturated heterocycles. The first-order valence-corrected chi connectivity index (χ1v) is 11.4. The summed E-state index contributed by atoms with van der Waals surface area (Å²) < 4.78 is 11.6. The minimum absolute atomic E-state index is 0.1000. The van der Waals surface area contributed by atoms with Gasteiger partial charge in [-0.25, -0.2) is 5.43 Å². The Kier molecular flexibility index (Phi) is 8.74. The van der Waals surface area contributed by atoms with Gasteiger partial charge in [-0.1, -0.05) is 18.2 Å². The second kappa shape index (κ2) is 11.9. The molecule has 0 aliphatic heterocycles. The quantitative estimate of drug-likeness (QED) is 0.222. The third-order valence-electron chi connectivity index (χ3n) is 4.97. The number of carbonyl (C=O) groups excluding carboxylic acids is 2. The number of ether oxygens (including phenoxy) is 2. The van der Waals surface area contributed by atoms with Gasteiger partial charge in [0.2, 0.25) is 0 Å². The molecule has 2 N–H and O–H groups in total. The number of nitro groups is 1. The Hall–Kier alpha value is -4.25. The lowest BCUT2D eigenvalue weighted by Crippen LogP contribution is -2.21. The van der Waals surface area contributed by atoms with Crippen LogP contribution in [0.15, 0.2) is 64.2 Å². The summed E-state index contributed by atoms with van der Waals surface area (Å²) in [6.45, 7) is 3.61. The number of hydrogen-bond donors (Lipinski definition) is 2. The molecule has 0 aliphatic carbocycles. The fraction of sp³-hybridized carbons (Fsp3) is 0.160. The number of hydrazone groups is 1. The minimum Gasteiger partial charge on any atom is -0.493 e. The Labute approximate surface area is 215 Å².